The highest BCUT2D eigenvalue weighted by molar-refractivity contribution is 6.35. The van der Waals surface area contributed by atoms with Gasteiger partial charge in [0.1, 0.15) is 23.9 Å². The van der Waals surface area contributed by atoms with E-state index in [1.165, 1.54) is 35.2 Å². The van der Waals surface area contributed by atoms with Crippen molar-refractivity contribution in [3.63, 3.8) is 0 Å². The molecule has 2 aromatic carbocycles. The lowest BCUT2D eigenvalue weighted by atomic mass is 9.73. The van der Waals surface area contributed by atoms with E-state index in [0.29, 0.717) is 0 Å². The van der Waals surface area contributed by atoms with Gasteiger partial charge in [-0.25, -0.2) is 13.2 Å². The van der Waals surface area contributed by atoms with Crippen molar-refractivity contribution in [1.29, 1.82) is 0 Å². The Balaban J connectivity index is 1.77. The molecule has 230 valence electrons. The van der Waals surface area contributed by atoms with Crippen LogP contribution in [0, 0.1) is 23.1 Å². The fourth-order valence-electron chi connectivity index (χ4n) is 6.64. The molecule has 5 rings (SSSR count). The molecule has 0 aromatic heterocycles. The second-order valence-corrected chi connectivity index (χ2v) is 13.6. The van der Waals surface area contributed by atoms with Gasteiger partial charge in [0.2, 0.25) is 5.91 Å². The highest BCUT2D eigenvalue weighted by Crippen LogP contribution is 2.61. The van der Waals surface area contributed by atoms with Crippen molar-refractivity contribution in [2.75, 3.05) is 29.9 Å². The van der Waals surface area contributed by atoms with Crippen LogP contribution in [0.4, 0.5) is 24.5 Å². The maximum Gasteiger partial charge on any atom is 0.312 e. The standard InChI is InChI=1S/C30H29Cl3F3N3O4/c1-5-6-43-26(41)23-22(25(40)38(13-28(2,3)4)18-8-15(31)7-16(32)9-18)21-12-29(35,36)14-39(21)30(23)19-10-17(33)11-20(34)24(19)37-27(30)42/h5,7-11,21-23H,1,6,12-14H2,2-4H3,(H,37,42)/t21-,22+,23-,30+/m0/s1. The van der Waals surface area contributed by atoms with E-state index >= 15 is 13.2 Å². The zero-order chi connectivity index (χ0) is 31.6. The molecule has 1 N–H and O–H groups in total. The molecule has 2 saturated heterocycles. The zero-order valence-electron chi connectivity index (χ0n) is 23.5. The van der Waals surface area contributed by atoms with Crippen molar-refractivity contribution in [2.45, 2.75) is 44.7 Å². The van der Waals surface area contributed by atoms with Crippen molar-refractivity contribution < 1.29 is 32.3 Å². The summed E-state index contributed by atoms with van der Waals surface area (Å²) in [4.78, 5) is 45.2. The molecule has 2 fully saturated rings. The van der Waals surface area contributed by atoms with Crippen molar-refractivity contribution in [2.24, 2.45) is 17.3 Å². The largest absolute Gasteiger partial charge is 0.461 e. The first-order valence-electron chi connectivity index (χ1n) is 13.5. The molecule has 7 nitrogen and oxygen atoms in total. The number of halogens is 6. The summed E-state index contributed by atoms with van der Waals surface area (Å²) in [5, 5.41) is 2.76. The minimum atomic E-state index is -3.33. The minimum absolute atomic E-state index is 0.0762. The van der Waals surface area contributed by atoms with Gasteiger partial charge in [0, 0.05) is 45.3 Å². The maximum atomic E-state index is 15.3. The maximum absolute atomic E-state index is 15.3. The summed E-state index contributed by atoms with van der Waals surface area (Å²) in [5.74, 6) is -10.1. The molecule has 3 aliphatic heterocycles. The fraction of sp³-hybridized carbons (Fsp3) is 0.433. The predicted molar refractivity (Wildman–Crippen MR) is 158 cm³/mol. The second kappa shape index (κ2) is 11.0. The van der Waals surface area contributed by atoms with Gasteiger partial charge in [-0.2, -0.15) is 0 Å². The monoisotopic (exact) mass is 657 g/mol. The van der Waals surface area contributed by atoms with Crippen LogP contribution in [0.15, 0.2) is 43.0 Å². The summed E-state index contributed by atoms with van der Waals surface area (Å²) in [5.41, 5.74) is -2.88. The van der Waals surface area contributed by atoms with E-state index in [1.54, 1.807) is 0 Å². The SMILES string of the molecule is C=CCOC(=O)[C@@H]1[C@H](C(=O)N(CC(C)(C)C)c2cc(Cl)cc(Cl)c2)[C@@H]2CC(F)(F)CN2[C@@]12C(=O)Nc1c(F)cc(Cl)cc12. The summed E-state index contributed by atoms with van der Waals surface area (Å²) in [6.07, 6.45) is 0.465. The lowest BCUT2D eigenvalue weighted by Gasteiger charge is -2.37. The van der Waals surface area contributed by atoms with Crippen LogP contribution in [-0.2, 0) is 24.7 Å². The van der Waals surface area contributed by atoms with E-state index in [-0.39, 0.29) is 45.2 Å². The Morgan fingerprint density at radius 1 is 1.14 bits per heavy atom. The molecule has 43 heavy (non-hydrogen) atoms. The Morgan fingerprint density at radius 2 is 1.77 bits per heavy atom. The quantitative estimate of drug-likeness (QED) is 0.276. The Hall–Kier alpha value is -2.79. The molecule has 1 spiro atoms. The van der Waals surface area contributed by atoms with Gasteiger partial charge in [0.25, 0.3) is 11.8 Å². The van der Waals surface area contributed by atoms with E-state index in [0.717, 1.165) is 11.0 Å². The number of nitrogens with zero attached hydrogens (tertiary/aromatic N) is 2. The summed E-state index contributed by atoms with van der Waals surface area (Å²) >= 11 is 18.8. The first-order chi connectivity index (χ1) is 20.0. The number of esters is 1. The highest BCUT2D eigenvalue weighted by Gasteiger charge is 2.75. The molecule has 0 aliphatic carbocycles. The van der Waals surface area contributed by atoms with Gasteiger partial charge in [0.15, 0.2) is 0 Å². The van der Waals surface area contributed by atoms with E-state index in [2.05, 4.69) is 11.9 Å². The highest BCUT2D eigenvalue weighted by atomic mass is 35.5. The number of benzene rings is 2. The second-order valence-electron chi connectivity index (χ2n) is 12.3. The zero-order valence-corrected chi connectivity index (χ0v) is 25.8. The molecule has 0 bridgehead atoms. The van der Waals surface area contributed by atoms with Crippen molar-refractivity contribution in [1.82, 2.24) is 4.90 Å². The van der Waals surface area contributed by atoms with Gasteiger partial charge < -0.3 is 15.0 Å². The third-order valence-electron chi connectivity index (χ3n) is 7.98. The summed E-state index contributed by atoms with van der Waals surface area (Å²) in [7, 11) is 0. The van der Waals surface area contributed by atoms with Crippen molar-refractivity contribution >= 4 is 64.0 Å². The first-order valence-corrected chi connectivity index (χ1v) is 14.6. The lowest BCUT2D eigenvalue weighted by molar-refractivity contribution is -0.158. The van der Waals surface area contributed by atoms with Crippen molar-refractivity contribution in [3.8, 4) is 0 Å². The van der Waals surface area contributed by atoms with Crippen LogP contribution in [0.5, 0.6) is 0 Å². The number of hydrogen-bond donors (Lipinski definition) is 1. The van der Waals surface area contributed by atoms with Crippen LogP contribution in [0.3, 0.4) is 0 Å². The molecule has 3 heterocycles. The van der Waals surface area contributed by atoms with Gasteiger partial charge in [0.05, 0.1) is 18.2 Å². The Morgan fingerprint density at radius 3 is 2.37 bits per heavy atom. The van der Waals surface area contributed by atoms with Gasteiger partial charge in [-0.1, -0.05) is 68.2 Å². The third-order valence-corrected chi connectivity index (χ3v) is 8.63. The molecule has 3 aliphatic rings. The molecule has 2 aromatic rings. The number of anilines is 2. The number of ether oxygens (including phenoxy) is 1. The predicted octanol–water partition coefficient (Wildman–Crippen LogP) is 6.70. The van der Waals surface area contributed by atoms with Crippen molar-refractivity contribution in [3.05, 3.63) is 69.4 Å². The topological polar surface area (TPSA) is 79.0 Å². The van der Waals surface area contributed by atoms with Crippen LogP contribution >= 0.6 is 34.8 Å². The molecule has 4 atom stereocenters. The third kappa shape index (κ3) is 5.41. The Labute approximate surface area is 261 Å². The van der Waals surface area contributed by atoms with Crippen LogP contribution in [0.25, 0.3) is 0 Å². The summed E-state index contributed by atoms with van der Waals surface area (Å²) in [6.45, 7) is 7.99. The van der Waals surface area contributed by atoms with Crippen LogP contribution < -0.4 is 10.2 Å². The van der Waals surface area contributed by atoms with Crippen LogP contribution in [0.2, 0.25) is 15.1 Å². The molecule has 0 unspecified atom stereocenters. The normalized spacial score (nSPS) is 25.8. The number of amides is 2. The summed E-state index contributed by atoms with van der Waals surface area (Å²) < 4.78 is 51.1. The number of nitrogens with one attached hydrogen (secondary N) is 1. The van der Waals surface area contributed by atoms with Gasteiger partial charge >= 0.3 is 5.97 Å². The van der Waals surface area contributed by atoms with E-state index in [9.17, 15) is 14.4 Å². The Bertz CT molecular complexity index is 1510. The van der Waals surface area contributed by atoms with E-state index < -0.39 is 71.3 Å². The lowest BCUT2D eigenvalue weighted by Crippen LogP contribution is -2.55. The molecule has 0 saturated carbocycles. The molecular formula is C30H29Cl3F3N3O4. The molecule has 2 amide bonds. The number of carbonyl (C=O) groups excluding carboxylic acids is 3. The van der Waals surface area contributed by atoms with Gasteiger partial charge in [-0.3, -0.25) is 19.3 Å². The van der Waals surface area contributed by atoms with E-state index in [1.807, 2.05) is 20.8 Å². The Kier molecular flexibility index (Phi) is 8.08. The van der Waals surface area contributed by atoms with Gasteiger partial charge in [-0.15, -0.1) is 0 Å². The van der Waals surface area contributed by atoms with Crippen LogP contribution in [-0.4, -0.2) is 54.3 Å². The molecule has 0 radical (unpaired) electrons. The smallest absolute Gasteiger partial charge is 0.312 e. The average molecular weight is 659 g/mol. The minimum Gasteiger partial charge on any atom is -0.461 e. The number of hydrogen-bond acceptors (Lipinski definition) is 5. The number of fused-ring (bicyclic) bond motifs is 4. The first kappa shape index (κ1) is 31.6. The average Bonchev–Trinajstić information content (AvgIpc) is 3.45. The molecule has 13 heteroatoms. The number of carbonyl (C=O) groups is 3. The number of rotatable bonds is 6. The van der Waals surface area contributed by atoms with E-state index in [4.69, 9.17) is 39.5 Å². The molecular weight excluding hydrogens is 630 g/mol. The van der Waals surface area contributed by atoms with Gasteiger partial charge in [-0.05, 0) is 35.7 Å². The number of alkyl halides is 2. The van der Waals surface area contributed by atoms with Crippen LogP contribution in [0.1, 0.15) is 32.8 Å². The summed E-state index contributed by atoms with van der Waals surface area (Å²) in [6, 6.07) is 5.40. The fourth-order valence-corrected chi connectivity index (χ4v) is 7.36.